The van der Waals surface area contributed by atoms with Crippen LogP contribution in [-0.4, -0.2) is 70.9 Å². The van der Waals surface area contributed by atoms with Crippen molar-refractivity contribution in [2.75, 3.05) is 44.2 Å². The standard InChI is InChI=1S/C21H24FN5O2/c1-21(16-3-5-17(22)6-4-16)15-18(28)27(19(21)29)14-11-25-9-12-26(13-10-25)20-23-7-2-8-24-20/h2-8H,9-15H2,1H3. The Balaban J connectivity index is 1.34. The maximum atomic E-state index is 13.2. The predicted molar refractivity (Wildman–Crippen MR) is 106 cm³/mol. The molecule has 152 valence electrons. The van der Waals surface area contributed by atoms with E-state index in [1.807, 2.05) is 0 Å². The molecule has 0 spiro atoms. The number of imide groups is 1. The molecule has 0 aliphatic carbocycles. The summed E-state index contributed by atoms with van der Waals surface area (Å²) in [6.45, 7) is 6.03. The van der Waals surface area contributed by atoms with Crippen LogP contribution >= 0.6 is 0 Å². The second kappa shape index (κ2) is 7.87. The molecule has 2 aromatic rings. The summed E-state index contributed by atoms with van der Waals surface area (Å²) in [6.07, 6.45) is 3.59. The number of carbonyl (C=O) groups is 2. The second-order valence-corrected chi connectivity index (χ2v) is 7.74. The summed E-state index contributed by atoms with van der Waals surface area (Å²) in [5.74, 6) is 0.00159. The third-order valence-corrected chi connectivity index (χ3v) is 5.85. The maximum Gasteiger partial charge on any atom is 0.240 e. The lowest BCUT2D eigenvalue weighted by atomic mass is 9.81. The molecular weight excluding hydrogens is 373 g/mol. The van der Waals surface area contributed by atoms with Crippen LogP contribution in [0.3, 0.4) is 0 Å². The number of halogens is 1. The van der Waals surface area contributed by atoms with Crippen molar-refractivity contribution >= 4 is 17.8 Å². The Bertz CT molecular complexity index is 884. The summed E-state index contributed by atoms with van der Waals surface area (Å²) in [4.78, 5) is 39.8. The minimum Gasteiger partial charge on any atom is -0.338 e. The number of amides is 2. The van der Waals surface area contributed by atoms with Gasteiger partial charge in [0, 0.05) is 58.1 Å². The highest BCUT2D eigenvalue weighted by atomic mass is 19.1. The van der Waals surface area contributed by atoms with Crippen LogP contribution in [0.25, 0.3) is 0 Å². The van der Waals surface area contributed by atoms with Gasteiger partial charge in [-0.05, 0) is 30.7 Å². The van der Waals surface area contributed by atoms with Gasteiger partial charge in [-0.15, -0.1) is 0 Å². The average molecular weight is 397 g/mol. The largest absolute Gasteiger partial charge is 0.338 e. The molecular formula is C21H24FN5O2. The maximum absolute atomic E-state index is 13.2. The van der Waals surface area contributed by atoms with E-state index in [1.54, 1.807) is 37.5 Å². The molecule has 1 unspecified atom stereocenters. The number of aromatic nitrogens is 2. The molecule has 0 N–H and O–H groups in total. The quantitative estimate of drug-likeness (QED) is 0.712. The summed E-state index contributed by atoms with van der Waals surface area (Å²) in [7, 11) is 0. The van der Waals surface area contributed by atoms with Crippen molar-refractivity contribution in [1.82, 2.24) is 19.8 Å². The van der Waals surface area contributed by atoms with E-state index in [-0.39, 0.29) is 24.1 Å². The summed E-state index contributed by atoms with van der Waals surface area (Å²) in [5.41, 5.74) is -0.245. The topological polar surface area (TPSA) is 69.6 Å². The molecule has 0 saturated carbocycles. The van der Waals surface area contributed by atoms with Crippen LogP contribution in [0.15, 0.2) is 42.7 Å². The van der Waals surface area contributed by atoms with Gasteiger partial charge in [0.05, 0.1) is 5.41 Å². The lowest BCUT2D eigenvalue weighted by Gasteiger charge is -2.35. The molecule has 0 bridgehead atoms. The van der Waals surface area contributed by atoms with Gasteiger partial charge in [-0.3, -0.25) is 19.4 Å². The zero-order valence-electron chi connectivity index (χ0n) is 16.4. The molecule has 7 nitrogen and oxygen atoms in total. The van der Waals surface area contributed by atoms with Crippen LogP contribution in [0.2, 0.25) is 0 Å². The van der Waals surface area contributed by atoms with Crippen molar-refractivity contribution in [2.45, 2.75) is 18.8 Å². The molecule has 1 atom stereocenters. The smallest absolute Gasteiger partial charge is 0.240 e. The molecule has 4 rings (SSSR count). The fourth-order valence-corrected chi connectivity index (χ4v) is 4.02. The van der Waals surface area contributed by atoms with E-state index >= 15 is 0 Å². The van der Waals surface area contributed by atoms with E-state index < -0.39 is 5.41 Å². The van der Waals surface area contributed by atoms with Crippen molar-refractivity contribution in [2.24, 2.45) is 0 Å². The van der Waals surface area contributed by atoms with Crippen molar-refractivity contribution in [1.29, 1.82) is 0 Å². The van der Waals surface area contributed by atoms with E-state index in [9.17, 15) is 14.0 Å². The van der Waals surface area contributed by atoms with E-state index in [2.05, 4.69) is 19.8 Å². The van der Waals surface area contributed by atoms with Crippen LogP contribution in [0.1, 0.15) is 18.9 Å². The fourth-order valence-electron chi connectivity index (χ4n) is 4.02. The molecule has 2 fully saturated rings. The summed E-state index contributed by atoms with van der Waals surface area (Å²) in [5, 5.41) is 0. The molecule has 2 aliphatic rings. The Morgan fingerprint density at radius 1 is 1.00 bits per heavy atom. The third kappa shape index (κ3) is 3.85. The van der Waals surface area contributed by atoms with Gasteiger partial charge in [-0.2, -0.15) is 0 Å². The van der Waals surface area contributed by atoms with E-state index in [0.717, 1.165) is 32.1 Å². The van der Waals surface area contributed by atoms with Gasteiger partial charge in [0.15, 0.2) is 0 Å². The van der Waals surface area contributed by atoms with Crippen molar-refractivity contribution in [3.05, 3.63) is 54.1 Å². The number of piperazine rings is 1. The number of rotatable bonds is 5. The minimum atomic E-state index is -0.922. The normalized spacial score (nSPS) is 23.1. The SMILES string of the molecule is CC1(c2ccc(F)cc2)CC(=O)N(CCN2CCN(c3ncccn3)CC2)C1=O. The summed E-state index contributed by atoms with van der Waals surface area (Å²) >= 11 is 0. The van der Waals surface area contributed by atoms with E-state index in [0.29, 0.717) is 18.7 Å². The fraction of sp³-hybridized carbons (Fsp3) is 0.429. The molecule has 29 heavy (non-hydrogen) atoms. The number of likely N-dealkylation sites (tertiary alicyclic amines) is 1. The van der Waals surface area contributed by atoms with E-state index in [4.69, 9.17) is 0 Å². The highest BCUT2D eigenvalue weighted by molar-refractivity contribution is 6.08. The highest BCUT2D eigenvalue weighted by Crippen LogP contribution is 2.36. The van der Waals surface area contributed by atoms with Crippen LogP contribution < -0.4 is 4.90 Å². The molecule has 1 aromatic carbocycles. The molecule has 1 aromatic heterocycles. The van der Waals surface area contributed by atoms with Crippen LogP contribution in [-0.2, 0) is 15.0 Å². The second-order valence-electron chi connectivity index (χ2n) is 7.74. The number of hydrogen-bond acceptors (Lipinski definition) is 6. The number of hydrogen-bond donors (Lipinski definition) is 0. The number of anilines is 1. The molecule has 3 heterocycles. The van der Waals surface area contributed by atoms with Crippen LogP contribution in [0, 0.1) is 5.82 Å². The lowest BCUT2D eigenvalue weighted by molar-refractivity contribution is -0.140. The monoisotopic (exact) mass is 397 g/mol. The minimum absolute atomic E-state index is 0.122. The first-order chi connectivity index (χ1) is 14.0. The van der Waals surface area contributed by atoms with Crippen molar-refractivity contribution < 1.29 is 14.0 Å². The Morgan fingerprint density at radius 3 is 2.31 bits per heavy atom. The van der Waals surface area contributed by atoms with Crippen LogP contribution in [0.5, 0.6) is 0 Å². The first-order valence-electron chi connectivity index (χ1n) is 9.82. The summed E-state index contributed by atoms with van der Waals surface area (Å²) < 4.78 is 13.2. The Hall–Kier alpha value is -2.87. The zero-order valence-corrected chi connectivity index (χ0v) is 16.4. The first kappa shape index (κ1) is 19.4. The molecule has 8 heteroatoms. The number of nitrogens with zero attached hydrogens (tertiary/aromatic N) is 5. The first-order valence-corrected chi connectivity index (χ1v) is 9.82. The molecule has 2 saturated heterocycles. The molecule has 2 amide bonds. The number of carbonyl (C=O) groups excluding carboxylic acids is 2. The Morgan fingerprint density at radius 2 is 1.66 bits per heavy atom. The van der Waals surface area contributed by atoms with Gasteiger partial charge in [0.1, 0.15) is 5.82 Å². The molecule has 0 radical (unpaired) electrons. The summed E-state index contributed by atoms with van der Waals surface area (Å²) in [6, 6.07) is 7.64. The van der Waals surface area contributed by atoms with Gasteiger partial charge in [-0.25, -0.2) is 14.4 Å². The third-order valence-electron chi connectivity index (χ3n) is 5.85. The van der Waals surface area contributed by atoms with Crippen LogP contribution in [0.4, 0.5) is 10.3 Å². The van der Waals surface area contributed by atoms with Crippen molar-refractivity contribution in [3.63, 3.8) is 0 Å². The van der Waals surface area contributed by atoms with Gasteiger partial charge in [0.25, 0.3) is 0 Å². The van der Waals surface area contributed by atoms with E-state index in [1.165, 1.54) is 17.0 Å². The molecule has 2 aliphatic heterocycles. The van der Waals surface area contributed by atoms with Gasteiger partial charge in [0.2, 0.25) is 17.8 Å². The van der Waals surface area contributed by atoms with Gasteiger partial charge in [-0.1, -0.05) is 12.1 Å². The lowest BCUT2D eigenvalue weighted by Crippen LogP contribution is -2.49. The number of benzene rings is 1. The van der Waals surface area contributed by atoms with Gasteiger partial charge < -0.3 is 4.90 Å². The Labute approximate surface area is 169 Å². The van der Waals surface area contributed by atoms with Crippen molar-refractivity contribution in [3.8, 4) is 0 Å². The van der Waals surface area contributed by atoms with Gasteiger partial charge >= 0.3 is 0 Å². The average Bonchev–Trinajstić information content (AvgIpc) is 2.97. The predicted octanol–water partition coefficient (Wildman–Crippen LogP) is 1.45. The zero-order chi connectivity index (χ0) is 20.4. The Kier molecular flexibility index (Phi) is 5.27. The highest BCUT2D eigenvalue weighted by Gasteiger charge is 2.49.